The number of anilines is 1. The van der Waals surface area contributed by atoms with Crippen LogP contribution in [0.1, 0.15) is 11.8 Å². The summed E-state index contributed by atoms with van der Waals surface area (Å²) in [5.74, 6) is 0.307. The summed E-state index contributed by atoms with van der Waals surface area (Å²) in [4.78, 5) is 12.4. The number of halogens is 1. The first kappa shape index (κ1) is 19.3. The summed E-state index contributed by atoms with van der Waals surface area (Å²) in [6.45, 7) is -0.466. The maximum absolute atomic E-state index is 10.3. The van der Waals surface area contributed by atoms with Gasteiger partial charge in [0.25, 0.3) is 0 Å². The van der Waals surface area contributed by atoms with Crippen molar-refractivity contribution in [1.82, 2.24) is 19.5 Å². The predicted molar refractivity (Wildman–Crippen MR) is 99.0 cm³/mol. The van der Waals surface area contributed by atoms with Gasteiger partial charge < -0.3 is 30.5 Å². The Hall–Kier alpha value is -3.01. The Morgan fingerprint density at radius 1 is 1.31 bits per heavy atom. The predicted octanol–water partition coefficient (Wildman–Crippen LogP) is 0.337. The molecule has 150 valence electrons. The molecule has 0 bridgehead atoms. The first-order chi connectivity index (χ1) is 13.9. The van der Waals surface area contributed by atoms with Gasteiger partial charge in [-0.1, -0.05) is 11.6 Å². The summed E-state index contributed by atoms with van der Waals surface area (Å²) in [6.07, 6.45) is -3.26. The molecule has 12 heteroatoms. The fraction of sp³-hybridized carbons (Fsp3) is 0.294. The van der Waals surface area contributed by atoms with E-state index in [0.717, 1.165) is 0 Å². The third-order valence-electron chi connectivity index (χ3n) is 4.49. The van der Waals surface area contributed by atoms with Crippen molar-refractivity contribution in [2.75, 3.05) is 12.3 Å². The van der Waals surface area contributed by atoms with Gasteiger partial charge in [0, 0.05) is 6.07 Å². The lowest BCUT2D eigenvalue weighted by atomic mass is 10.1. The van der Waals surface area contributed by atoms with Crippen LogP contribution in [0, 0.1) is 11.3 Å². The molecule has 4 atom stereocenters. The van der Waals surface area contributed by atoms with Crippen molar-refractivity contribution in [3.63, 3.8) is 0 Å². The zero-order chi connectivity index (χ0) is 20.7. The number of nitrogens with zero attached hydrogens (tertiary/aromatic N) is 5. The molecule has 29 heavy (non-hydrogen) atoms. The Morgan fingerprint density at radius 2 is 2.10 bits per heavy atom. The largest absolute Gasteiger partial charge is 0.424 e. The van der Waals surface area contributed by atoms with E-state index in [2.05, 4.69) is 15.0 Å². The van der Waals surface area contributed by atoms with Crippen LogP contribution >= 0.6 is 11.6 Å². The van der Waals surface area contributed by atoms with Gasteiger partial charge in [0.05, 0.1) is 23.5 Å². The molecule has 5 N–H and O–H groups in total. The van der Waals surface area contributed by atoms with Crippen molar-refractivity contribution in [2.24, 2.45) is 0 Å². The van der Waals surface area contributed by atoms with Crippen LogP contribution in [-0.2, 0) is 4.74 Å². The van der Waals surface area contributed by atoms with Crippen molar-refractivity contribution < 1.29 is 24.8 Å². The summed E-state index contributed by atoms with van der Waals surface area (Å²) in [5, 5.41) is 38.7. The van der Waals surface area contributed by atoms with Crippen molar-refractivity contribution in [2.45, 2.75) is 24.5 Å². The molecule has 1 aromatic carbocycles. The first-order valence-corrected chi connectivity index (χ1v) is 8.80. The molecule has 2 unspecified atom stereocenters. The van der Waals surface area contributed by atoms with Gasteiger partial charge in [-0.05, 0) is 12.1 Å². The SMILES string of the molecule is N#Cc1ccc(Oc2nc(N)c3ncn([C@@H]4OC(CO)C(O)[C@H]4O)c3n2)cc1Cl. The molecular weight excluding hydrogens is 404 g/mol. The van der Waals surface area contributed by atoms with Gasteiger partial charge in [0.1, 0.15) is 30.1 Å². The minimum absolute atomic E-state index is 0.0234. The molecule has 1 fully saturated rings. The summed E-state index contributed by atoms with van der Waals surface area (Å²) >= 11 is 6.00. The Kier molecular flexibility index (Phi) is 4.95. The molecule has 4 rings (SSSR count). The van der Waals surface area contributed by atoms with E-state index in [1.165, 1.54) is 29.1 Å². The number of aromatic nitrogens is 4. The molecule has 2 aromatic heterocycles. The molecular formula is C17H15ClN6O5. The van der Waals surface area contributed by atoms with E-state index in [4.69, 9.17) is 32.1 Å². The van der Waals surface area contributed by atoms with Crippen LogP contribution in [0.15, 0.2) is 24.5 Å². The quantitative estimate of drug-likeness (QED) is 0.462. The second-order valence-electron chi connectivity index (χ2n) is 6.30. The fourth-order valence-electron chi connectivity index (χ4n) is 3.01. The summed E-state index contributed by atoms with van der Waals surface area (Å²) in [6, 6.07) is 6.28. The van der Waals surface area contributed by atoms with Crippen LogP contribution in [0.3, 0.4) is 0 Å². The molecule has 1 saturated heterocycles. The normalized spacial score (nSPS) is 24.0. The average molecular weight is 419 g/mol. The van der Waals surface area contributed by atoms with Gasteiger partial charge >= 0.3 is 6.01 Å². The number of hydrogen-bond acceptors (Lipinski definition) is 10. The Bertz CT molecular complexity index is 1120. The number of nitrogens with two attached hydrogens (primary N) is 1. The number of benzene rings is 1. The molecule has 0 amide bonds. The molecule has 0 saturated carbocycles. The highest BCUT2D eigenvalue weighted by Gasteiger charge is 2.44. The molecule has 0 radical (unpaired) electrons. The van der Waals surface area contributed by atoms with Gasteiger partial charge in [-0.25, -0.2) is 4.98 Å². The molecule has 1 aliphatic rings. The van der Waals surface area contributed by atoms with Gasteiger partial charge in [0.15, 0.2) is 23.2 Å². The van der Waals surface area contributed by atoms with E-state index in [0.29, 0.717) is 0 Å². The second-order valence-corrected chi connectivity index (χ2v) is 6.71. The summed E-state index contributed by atoms with van der Waals surface area (Å²) in [7, 11) is 0. The minimum Gasteiger partial charge on any atom is -0.424 e. The number of aliphatic hydroxyl groups is 3. The van der Waals surface area contributed by atoms with Gasteiger partial charge in [-0.15, -0.1) is 0 Å². The highest BCUT2D eigenvalue weighted by atomic mass is 35.5. The first-order valence-electron chi connectivity index (χ1n) is 8.43. The fourth-order valence-corrected chi connectivity index (χ4v) is 3.23. The number of fused-ring (bicyclic) bond motifs is 1. The number of nitrogen functional groups attached to an aromatic ring is 1. The van der Waals surface area contributed by atoms with Crippen molar-refractivity contribution >= 4 is 28.6 Å². The lowest BCUT2D eigenvalue weighted by Crippen LogP contribution is -2.33. The number of aliphatic hydroxyl groups excluding tert-OH is 3. The van der Waals surface area contributed by atoms with Crippen molar-refractivity contribution in [3.8, 4) is 17.8 Å². The van der Waals surface area contributed by atoms with Crippen molar-refractivity contribution in [3.05, 3.63) is 35.1 Å². The Balaban J connectivity index is 1.70. The van der Waals surface area contributed by atoms with Crippen LogP contribution in [0.2, 0.25) is 5.02 Å². The maximum atomic E-state index is 10.3. The van der Waals surface area contributed by atoms with E-state index in [1.54, 1.807) is 0 Å². The Labute approximate surface area is 168 Å². The van der Waals surface area contributed by atoms with Gasteiger partial charge in [-0.2, -0.15) is 15.2 Å². The third-order valence-corrected chi connectivity index (χ3v) is 4.80. The van der Waals surface area contributed by atoms with E-state index < -0.39 is 31.1 Å². The van der Waals surface area contributed by atoms with Gasteiger partial charge in [0.2, 0.25) is 0 Å². The zero-order valence-corrected chi connectivity index (χ0v) is 15.4. The highest BCUT2D eigenvalue weighted by molar-refractivity contribution is 6.31. The van der Waals surface area contributed by atoms with Crippen LogP contribution < -0.4 is 10.5 Å². The second kappa shape index (κ2) is 7.43. The molecule has 0 aliphatic carbocycles. The van der Waals surface area contributed by atoms with E-state index in [9.17, 15) is 15.3 Å². The third kappa shape index (κ3) is 3.33. The number of imidazole rings is 1. The minimum atomic E-state index is -1.32. The smallest absolute Gasteiger partial charge is 0.326 e. The number of nitriles is 1. The number of ether oxygens (including phenoxy) is 2. The van der Waals surface area contributed by atoms with Crippen LogP contribution in [-0.4, -0.2) is 59.8 Å². The Morgan fingerprint density at radius 3 is 2.76 bits per heavy atom. The molecule has 1 aliphatic heterocycles. The molecule has 3 heterocycles. The average Bonchev–Trinajstić information content (AvgIpc) is 3.24. The van der Waals surface area contributed by atoms with Crippen molar-refractivity contribution in [1.29, 1.82) is 5.26 Å². The molecule has 0 spiro atoms. The van der Waals surface area contributed by atoms with E-state index in [-0.39, 0.29) is 39.3 Å². The topological polar surface area (TPSA) is 173 Å². The molecule has 3 aromatic rings. The summed E-state index contributed by atoms with van der Waals surface area (Å²) < 4.78 is 12.5. The summed E-state index contributed by atoms with van der Waals surface area (Å²) in [5.41, 5.74) is 6.67. The zero-order valence-electron chi connectivity index (χ0n) is 14.7. The van der Waals surface area contributed by atoms with E-state index in [1.807, 2.05) is 6.07 Å². The number of hydrogen-bond donors (Lipinski definition) is 4. The number of rotatable bonds is 4. The van der Waals surface area contributed by atoms with Crippen LogP contribution in [0.4, 0.5) is 5.82 Å². The maximum Gasteiger partial charge on any atom is 0.326 e. The lowest BCUT2D eigenvalue weighted by molar-refractivity contribution is -0.0511. The molecule has 11 nitrogen and oxygen atoms in total. The van der Waals surface area contributed by atoms with Crippen LogP contribution in [0.5, 0.6) is 11.8 Å². The highest BCUT2D eigenvalue weighted by Crippen LogP contribution is 2.33. The van der Waals surface area contributed by atoms with Gasteiger partial charge in [-0.3, -0.25) is 4.57 Å². The van der Waals surface area contributed by atoms with Crippen LogP contribution in [0.25, 0.3) is 11.2 Å². The lowest BCUT2D eigenvalue weighted by Gasteiger charge is -2.16. The monoisotopic (exact) mass is 418 g/mol. The standard InChI is InChI=1S/C17H15ClN6O5/c18-9-3-8(2-1-7(9)4-19)28-17-22-14(20)11-15(23-17)24(6-21-11)16-13(27)12(26)10(5-25)29-16/h1-3,6,10,12-13,16,25-27H,5H2,(H2,20,22,23)/t10?,12?,13-,16-/m1/s1. The van der Waals surface area contributed by atoms with E-state index >= 15 is 0 Å².